The number of nitrogens with zero attached hydrogens (tertiary/aromatic N) is 1. The molecule has 6 N–H and O–H groups in total. The molecule has 1 aromatic carbocycles. The van der Waals surface area contributed by atoms with Crippen LogP contribution in [-0.2, 0) is 30.3 Å². The number of carboxylic acids is 1. The summed E-state index contributed by atoms with van der Waals surface area (Å²) in [7, 11) is 1.21. The monoisotopic (exact) mass is 522 g/mol. The Bertz CT molecular complexity index is 889. The van der Waals surface area contributed by atoms with Crippen LogP contribution in [-0.4, -0.2) is 70.8 Å². The number of phenolic OH excluding ortho intramolecular Hbond substituents is 1. The van der Waals surface area contributed by atoms with E-state index in [0.717, 1.165) is 31.2 Å². The van der Waals surface area contributed by atoms with Crippen LogP contribution in [0.25, 0.3) is 0 Å². The highest BCUT2D eigenvalue weighted by Gasteiger charge is 2.38. The molecular weight excluding hydrogens is 480 g/mol. The minimum atomic E-state index is -1.29. The third-order valence-corrected chi connectivity index (χ3v) is 6.11. The fraction of sp³-hybridized carbons (Fsp3) is 0.615. The molecular formula is C26H42N4O7. The first kappa shape index (κ1) is 31.8. The minimum absolute atomic E-state index is 0.206. The normalized spacial score (nSPS) is 14.5. The molecule has 0 aliphatic carbocycles. The number of aromatic hydroxyl groups is 1. The Morgan fingerprint density at radius 2 is 1.57 bits per heavy atom. The number of phenols is 1. The summed E-state index contributed by atoms with van der Waals surface area (Å²) in [6.45, 7) is 6.52. The van der Waals surface area contributed by atoms with Gasteiger partial charge >= 0.3 is 11.9 Å². The van der Waals surface area contributed by atoms with Crippen LogP contribution >= 0.6 is 0 Å². The fourth-order valence-electron chi connectivity index (χ4n) is 3.77. The Hall–Kier alpha value is -3.18. The van der Waals surface area contributed by atoms with Crippen molar-refractivity contribution in [3.63, 3.8) is 0 Å². The van der Waals surface area contributed by atoms with Crippen molar-refractivity contribution in [1.82, 2.24) is 15.8 Å². The number of carbonyl (C=O) groups excluding carboxylic acids is 3. The van der Waals surface area contributed by atoms with E-state index in [1.54, 1.807) is 26.0 Å². The summed E-state index contributed by atoms with van der Waals surface area (Å²) < 4.78 is 4.78. The Morgan fingerprint density at radius 1 is 0.973 bits per heavy atom. The molecule has 0 aromatic heterocycles. The van der Waals surface area contributed by atoms with Crippen molar-refractivity contribution >= 4 is 23.8 Å². The number of benzene rings is 1. The average molecular weight is 523 g/mol. The van der Waals surface area contributed by atoms with Crippen molar-refractivity contribution in [3.05, 3.63) is 29.8 Å². The molecule has 11 nitrogen and oxygen atoms in total. The van der Waals surface area contributed by atoms with Gasteiger partial charge in [0, 0.05) is 6.54 Å². The van der Waals surface area contributed by atoms with Gasteiger partial charge in [0.05, 0.1) is 19.1 Å². The fourth-order valence-corrected chi connectivity index (χ4v) is 3.77. The molecule has 0 heterocycles. The number of hydrogen-bond acceptors (Lipinski definition) is 8. The van der Waals surface area contributed by atoms with Crippen LogP contribution < -0.4 is 16.5 Å². The molecule has 0 radical (unpaired) electrons. The van der Waals surface area contributed by atoms with Crippen molar-refractivity contribution in [2.75, 3.05) is 13.7 Å². The Labute approximate surface area is 218 Å². The topological polar surface area (TPSA) is 171 Å². The van der Waals surface area contributed by atoms with E-state index in [-0.39, 0.29) is 18.2 Å². The van der Waals surface area contributed by atoms with E-state index in [1.807, 2.05) is 12.1 Å². The van der Waals surface area contributed by atoms with Crippen molar-refractivity contribution in [2.45, 2.75) is 77.9 Å². The summed E-state index contributed by atoms with van der Waals surface area (Å²) in [4.78, 5) is 49.8. The summed E-state index contributed by atoms with van der Waals surface area (Å²) in [5, 5.41) is 23.0. The summed E-state index contributed by atoms with van der Waals surface area (Å²) in [6, 6.07) is 3.89. The summed E-state index contributed by atoms with van der Waals surface area (Å²) in [5.41, 5.74) is 9.42. The molecule has 208 valence electrons. The van der Waals surface area contributed by atoms with Crippen molar-refractivity contribution in [2.24, 2.45) is 17.6 Å². The van der Waals surface area contributed by atoms with Gasteiger partial charge in [-0.2, -0.15) is 0 Å². The number of nitrogens with two attached hydrogens (primary N) is 1. The number of hydrogen-bond donors (Lipinski definition) is 5. The Morgan fingerprint density at radius 3 is 2.08 bits per heavy atom. The van der Waals surface area contributed by atoms with Crippen LogP contribution in [0.1, 0.15) is 58.9 Å². The van der Waals surface area contributed by atoms with E-state index in [1.165, 1.54) is 26.0 Å². The number of carbonyl (C=O) groups is 4. The zero-order chi connectivity index (χ0) is 28.1. The maximum Gasteiger partial charge on any atom is 0.328 e. The smallest absolute Gasteiger partial charge is 0.328 e. The molecule has 1 unspecified atom stereocenters. The van der Waals surface area contributed by atoms with Gasteiger partial charge in [0.2, 0.25) is 5.91 Å². The second-order valence-corrected chi connectivity index (χ2v) is 9.61. The van der Waals surface area contributed by atoms with Crippen molar-refractivity contribution < 1.29 is 34.1 Å². The third kappa shape index (κ3) is 10.8. The van der Waals surface area contributed by atoms with Gasteiger partial charge in [0.25, 0.3) is 5.91 Å². The van der Waals surface area contributed by atoms with E-state index in [0.29, 0.717) is 6.42 Å². The zero-order valence-electron chi connectivity index (χ0n) is 22.4. The van der Waals surface area contributed by atoms with Crippen LogP contribution in [0.3, 0.4) is 0 Å². The second-order valence-electron chi connectivity index (χ2n) is 9.61. The Balaban J connectivity index is 2.95. The first-order chi connectivity index (χ1) is 17.4. The number of hydrazine groups is 1. The highest BCUT2D eigenvalue weighted by molar-refractivity contribution is 5.91. The van der Waals surface area contributed by atoms with Gasteiger partial charge < -0.3 is 26.0 Å². The first-order valence-corrected chi connectivity index (χ1v) is 12.6. The summed E-state index contributed by atoms with van der Waals surface area (Å²) in [5.74, 6) is -4.44. The number of aliphatic carboxylic acids is 1. The molecule has 0 bridgehead atoms. The van der Waals surface area contributed by atoms with E-state index < -0.39 is 47.8 Å². The number of methoxy groups -OCH3 is 1. The van der Waals surface area contributed by atoms with Crippen LogP contribution in [0.2, 0.25) is 0 Å². The number of esters is 1. The maximum atomic E-state index is 13.3. The lowest BCUT2D eigenvalue weighted by atomic mass is 9.98. The molecule has 0 aliphatic heterocycles. The molecule has 0 saturated carbocycles. The number of unbranched alkanes of at least 4 members (excludes halogenated alkanes) is 3. The molecule has 1 rings (SSSR count). The predicted molar refractivity (Wildman–Crippen MR) is 138 cm³/mol. The SMILES string of the molecule is COC(=O)[C@@H](NC(=O)[C@H](C(C)C(=O)O)N(CCCCCCc1ccc(O)cc1)NC(=O)[C@H](C)N)C(C)C. The Kier molecular flexibility index (Phi) is 13.6. The van der Waals surface area contributed by atoms with Crippen LogP contribution in [0.5, 0.6) is 5.75 Å². The molecule has 2 amide bonds. The molecule has 0 saturated heterocycles. The molecule has 0 aliphatic rings. The summed E-state index contributed by atoms with van der Waals surface area (Å²) in [6.07, 6.45) is 3.97. The number of aryl methyl sites for hydroxylation is 1. The number of rotatable bonds is 16. The largest absolute Gasteiger partial charge is 0.508 e. The standard InChI is InChI=1S/C26H42N4O7/c1-16(2)21(26(36)37-5)28-24(33)22(17(3)25(34)35)30(29-23(32)18(4)27)15-9-7-6-8-10-19-11-13-20(31)14-12-19/h11-14,16-18,21-22,31H,6-10,15,27H2,1-5H3,(H,28,33)(H,29,32)(H,34,35)/t17?,18-,21-,22-/m0/s1. The summed E-state index contributed by atoms with van der Waals surface area (Å²) >= 11 is 0. The van der Waals surface area contributed by atoms with Gasteiger partial charge in [-0.3, -0.25) is 19.8 Å². The lowest BCUT2D eigenvalue weighted by molar-refractivity contribution is -0.153. The van der Waals surface area contributed by atoms with Crippen LogP contribution in [0, 0.1) is 11.8 Å². The van der Waals surface area contributed by atoms with Gasteiger partial charge in [-0.25, -0.2) is 9.80 Å². The van der Waals surface area contributed by atoms with Crippen LogP contribution in [0.4, 0.5) is 0 Å². The maximum absolute atomic E-state index is 13.3. The van der Waals surface area contributed by atoms with Gasteiger partial charge in [-0.05, 0) is 56.7 Å². The highest BCUT2D eigenvalue weighted by atomic mass is 16.5. The van der Waals surface area contributed by atoms with Gasteiger partial charge in [0.1, 0.15) is 17.8 Å². The number of nitrogens with one attached hydrogen (secondary N) is 2. The van der Waals surface area contributed by atoms with E-state index in [4.69, 9.17) is 10.5 Å². The molecule has 0 spiro atoms. The number of ether oxygens (including phenoxy) is 1. The zero-order valence-corrected chi connectivity index (χ0v) is 22.4. The molecule has 1 aromatic rings. The average Bonchev–Trinajstić information content (AvgIpc) is 2.84. The van der Waals surface area contributed by atoms with E-state index >= 15 is 0 Å². The van der Waals surface area contributed by atoms with Crippen molar-refractivity contribution in [1.29, 1.82) is 0 Å². The van der Waals surface area contributed by atoms with Crippen molar-refractivity contribution in [3.8, 4) is 5.75 Å². The molecule has 0 fully saturated rings. The highest BCUT2D eigenvalue weighted by Crippen LogP contribution is 2.16. The van der Waals surface area contributed by atoms with Gasteiger partial charge in [0.15, 0.2) is 0 Å². The van der Waals surface area contributed by atoms with Gasteiger partial charge in [-0.15, -0.1) is 0 Å². The van der Waals surface area contributed by atoms with Crippen LogP contribution in [0.15, 0.2) is 24.3 Å². The quantitative estimate of drug-likeness (QED) is 0.123. The van der Waals surface area contributed by atoms with E-state index in [9.17, 15) is 29.4 Å². The minimum Gasteiger partial charge on any atom is -0.508 e. The third-order valence-electron chi connectivity index (χ3n) is 6.11. The molecule has 4 atom stereocenters. The molecule has 11 heteroatoms. The predicted octanol–water partition coefficient (Wildman–Crippen LogP) is 1.58. The number of carboxylic acid groups (broad SMARTS) is 1. The van der Waals surface area contributed by atoms with E-state index in [2.05, 4.69) is 10.7 Å². The second kappa shape index (κ2) is 15.8. The van der Waals surface area contributed by atoms with Gasteiger partial charge in [-0.1, -0.05) is 38.8 Å². The number of amides is 2. The lowest BCUT2D eigenvalue weighted by Crippen LogP contribution is -2.62. The molecule has 37 heavy (non-hydrogen) atoms. The first-order valence-electron chi connectivity index (χ1n) is 12.6. The lowest BCUT2D eigenvalue weighted by Gasteiger charge is -2.34.